The number of aromatic nitrogens is 1. The van der Waals surface area contributed by atoms with Crippen LogP contribution in [-0.4, -0.2) is 66.4 Å². The first kappa shape index (κ1) is 16.0. The van der Waals surface area contributed by atoms with E-state index in [1.54, 1.807) is 0 Å². The van der Waals surface area contributed by atoms with Gasteiger partial charge in [0.2, 0.25) is 0 Å². The van der Waals surface area contributed by atoms with Gasteiger partial charge in [-0.25, -0.2) is 0 Å². The van der Waals surface area contributed by atoms with Crippen molar-refractivity contribution < 1.29 is 14.6 Å². The average Bonchev–Trinajstić information content (AvgIpc) is 2.96. The van der Waals surface area contributed by atoms with Crippen molar-refractivity contribution in [2.45, 2.75) is 13.0 Å². The van der Waals surface area contributed by atoms with Crippen molar-refractivity contribution in [2.75, 3.05) is 39.4 Å². The fraction of sp³-hybridized carbons (Fsp3) is 0.471. The standard InChI is InChI=1S/C17H23N3O3/c1-12-2-3-13-9-16(19-15(13)8-12)17(22)18-10-14(21)11-20-4-6-23-7-5-20/h2-3,8-9,14,19,21H,4-7,10-11H2,1H3,(H,18,22). The fourth-order valence-corrected chi connectivity index (χ4v) is 2.82. The topological polar surface area (TPSA) is 77.6 Å². The van der Waals surface area contributed by atoms with Crippen molar-refractivity contribution >= 4 is 16.8 Å². The van der Waals surface area contributed by atoms with Crippen molar-refractivity contribution in [1.82, 2.24) is 15.2 Å². The highest BCUT2D eigenvalue weighted by atomic mass is 16.5. The Balaban J connectivity index is 1.53. The molecule has 23 heavy (non-hydrogen) atoms. The second-order valence-corrected chi connectivity index (χ2v) is 6.05. The summed E-state index contributed by atoms with van der Waals surface area (Å²) in [5.74, 6) is -0.195. The number of β-amino-alcohol motifs (C(OH)–C–C–N with tert-alkyl or cyclic N) is 1. The minimum Gasteiger partial charge on any atom is -0.390 e. The summed E-state index contributed by atoms with van der Waals surface area (Å²) in [5.41, 5.74) is 2.61. The second-order valence-electron chi connectivity index (χ2n) is 6.05. The number of nitrogens with one attached hydrogen (secondary N) is 2. The Morgan fingerprint density at radius 2 is 2.17 bits per heavy atom. The van der Waals surface area contributed by atoms with Gasteiger partial charge in [0.1, 0.15) is 5.69 Å². The fourth-order valence-electron chi connectivity index (χ4n) is 2.82. The van der Waals surface area contributed by atoms with Gasteiger partial charge >= 0.3 is 0 Å². The third kappa shape index (κ3) is 4.10. The van der Waals surface area contributed by atoms with Gasteiger partial charge in [-0.05, 0) is 24.6 Å². The van der Waals surface area contributed by atoms with Gasteiger partial charge in [0.15, 0.2) is 0 Å². The van der Waals surface area contributed by atoms with E-state index >= 15 is 0 Å². The van der Waals surface area contributed by atoms with E-state index in [1.807, 2.05) is 31.2 Å². The molecule has 0 spiro atoms. The van der Waals surface area contributed by atoms with Gasteiger partial charge < -0.3 is 20.1 Å². The molecule has 2 aromatic rings. The molecule has 0 saturated carbocycles. The molecule has 6 nitrogen and oxygen atoms in total. The Hall–Kier alpha value is -1.89. The van der Waals surface area contributed by atoms with Gasteiger partial charge in [-0.15, -0.1) is 0 Å². The van der Waals surface area contributed by atoms with E-state index in [0.717, 1.165) is 29.6 Å². The molecule has 1 aliphatic heterocycles. The number of aliphatic hydroxyl groups excluding tert-OH is 1. The number of aromatic amines is 1. The van der Waals surface area contributed by atoms with Crippen LogP contribution in [0.15, 0.2) is 24.3 Å². The number of amides is 1. The Kier molecular flexibility index (Phi) is 4.95. The van der Waals surface area contributed by atoms with Crippen LogP contribution < -0.4 is 5.32 Å². The lowest BCUT2D eigenvalue weighted by Crippen LogP contribution is -2.44. The largest absolute Gasteiger partial charge is 0.390 e. The normalized spacial score (nSPS) is 17.3. The van der Waals surface area contributed by atoms with Crippen molar-refractivity contribution in [1.29, 1.82) is 0 Å². The zero-order valence-electron chi connectivity index (χ0n) is 13.3. The summed E-state index contributed by atoms with van der Waals surface area (Å²) in [6, 6.07) is 7.85. The number of carbonyl (C=O) groups is 1. The molecule has 1 aromatic heterocycles. The molecule has 1 fully saturated rings. The Bertz CT molecular complexity index is 677. The predicted octanol–water partition coefficient (Wildman–Crippen LogP) is 0.899. The maximum atomic E-state index is 12.2. The maximum absolute atomic E-state index is 12.2. The van der Waals surface area contributed by atoms with Crippen LogP contribution in [0, 0.1) is 6.92 Å². The molecule has 1 atom stereocenters. The van der Waals surface area contributed by atoms with Gasteiger partial charge in [-0.3, -0.25) is 9.69 Å². The van der Waals surface area contributed by atoms with Crippen LogP contribution in [0.2, 0.25) is 0 Å². The molecule has 3 N–H and O–H groups in total. The molecule has 0 aliphatic carbocycles. The number of morpholine rings is 1. The van der Waals surface area contributed by atoms with E-state index in [1.165, 1.54) is 0 Å². The molecule has 3 rings (SSSR count). The molecule has 6 heteroatoms. The molecule has 0 bridgehead atoms. The van der Waals surface area contributed by atoms with Crippen molar-refractivity contribution in [3.05, 3.63) is 35.5 Å². The summed E-state index contributed by atoms with van der Waals surface area (Å²) in [7, 11) is 0. The van der Waals surface area contributed by atoms with E-state index < -0.39 is 6.10 Å². The van der Waals surface area contributed by atoms with Gasteiger partial charge in [-0.1, -0.05) is 12.1 Å². The Labute approximate surface area is 135 Å². The van der Waals surface area contributed by atoms with Crippen LogP contribution in [0.4, 0.5) is 0 Å². The summed E-state index contributed by atoms with van der Waals surface area (Å²) in [5, 5.41) is 13.9. The summed E-state index contributed by atoms with van der Waals surface area (Å²) in [4.78, 5) is 17.5. The summed E-state index contributed by atoms with van der Waals surface area (Å²) in [6.07, 6.45) is -0.580. The average molecular weight is 317 g/mol. The van der Waals surface area contributed by atoms with Gasteiger partial charge in [0.25, 0.3) is 5.91 Å². The number of nitrogens with zero attached hydrogens (tertiary/aromatic N) is 1. The number of aryl methyl sites for hydroxylation is 1. The van der Waals surface area contributed by atoms with E-state index in [2.05, 4.69) is 15.2 Å². The van der Waals surface area contributed by atoms with E-state index in [9.17, 15) is 9.90 Å². The van der Waals surface area contributed by atoms with E-state index in [0.29, 0.717) is 25.5 Å². The molecule has 1 amide bonds. The number of carbonyl (C=O) groups excluding carboxylic acids is 1. The highest BCUT2D eigenvalue weighted by molar-refractivity contribution is 5.98. The van der Waals surface area contributed by atoms with E-state index in [4.69, 9.17) is 4.74 Å². The number of H-pyrrole nitrogens is 1. The second kappa shape index (κ2) is 7.12. The number of hydrogen-bond acceptors (Lipinski definition) is 4. The van der Waals surface area contributed by atoms with Gasteiger partial charge in [0, 0.05) is 37.1 Å². The van der Waals surface area contributed by atoms with Crippen LogP contribution in [0.25, 0.3) is 10.9 Å². The highest BCUT2D eigenvalue weighted by Gasteiger charge is 2.16. The molecular weight excluding hydrogens is 294 g/mol. The predicted molar refractivity (Wildman–Crippen MR) is 88.6 cm³/mol. The number of aliphatic hydroxyl groups is 1. The first-order valence-electron chi connectivity index (χ1n) is 7.97. The van der Waals surface area contributed by atoms with Crippen molar-refractivity contribution in [2.24, 2.45) is 0 Å². The molecule has 2 heterocycles. The first-order chi connectivity index (χ1) is 11.1. The van der Waals surface area contributed by atoms with Gasteiger partial charge in [-0.2, -0.15) is 0 Å². The molecule has 1 unspecified atom stereocenters. The molecule has 1 aliphatic rings. The lowest BCUT2D eigenvalue weighted by atomic mass is 10.2. The van der Waals surface area contributed by atoms with Crippen LogP contribution in [0.5, 0.6) is 0 Å². The van der Waals surface area contributed by atoms with Gasteiger partial charge in [0.05, 0.1) is 19.3 Å². The SMILES string of the molecule is Cc1ccc2cc(C(=O)NCC(O)CN3CCOCC3)[nH]c2c1. The third-order valence-corrected chi connectivity index (χ3v) is 4.09. The minimum absolute atomic E-state index is 0.195. The number of benzene rings is 1. The minimum atomic E-state index is -0.580. The van der Waals surface area contributed by atoms with E-state index in [-0.39, 0.29) is 12.5 Å². The molecule has 0 radical (unpaired) electrons. The van der Waals surface area contributed by atoms with Crippen LogP contribution in [0.1, 0.15) is 16.1 Å². The smallest absolute Gasteiger partial charge is 0.267 e. The number of rotatable bonds is 5. The molecular formula is C17H23N3O3. The first-order valence-corrected chi connectivity index (χ1v) is 7.97. The highest BCUT2D eigenvalue weighted by Crippen LogP contribution is 2.16. The third-order valence-electron chi connectivity index (χ3n) is 4.09. The van der Waals surface area contributed by atoms with Crippen LogP contribution in [-0.2, 0) is 4.74 Å². The lowest BCUT2D eigenvalue weighted by Gasteiger charge is -2.28. The number of hydrogen-bond donors (Lipinski definition) is 3. The van der Waals surface area contributed by atoms with Crippen molar-refractivity contribution in [3.63, 3.8) is 0 Å². The lowest BCUT2D eigenvalue weighted by molar-refractivity contribution is 0.0149. The zero-order valence-corrected chi connectivity index (χ0v) is 13.3. The Morgan fingerprint density at radius 1 is 1.39 bits per heavy atom. The number of fused-ring (bicyclic) bond motifs is 1. The molecule has 124 valence electrons. The maximum Gasteiger partial charge on any atom is 0.267 e. The quantitative estimate of drug-likeness (QED) is 0.766. The summed E-state index contributed by atoms with van der Waals surface area (Å²) < 4.78 is 5.28. The number of ether oxygens (including phenoxy) is 1. The molecule has 1 aromatic carbocycles. The monoisotopic (exact) mass is 317 g/mol. The zero-order chi connectivity index (χ0) is 16.2. The van der Waals surface area contributed by atoms with Crippen LogP contribution in [0.3, 0.4) is 0 Å². The Morgan fingerprint density at radius 3 is 2.96 bits per heavy atom. The van der Waals surface area contributed by atoms with Crippen molar-refractivity contribution in [3.8, 4) is 0 Å². The summed E-state index contributed by atoms with van der Waals surface area (Å²) >= 11 is 0. The summed E-state index contributed by atoms with van der Waals surface area (Å²) in [6.45, 7) is 5.86. The van der Waals surface area contributed by atoms with Crippen LogP contribution >= 0.6 is 0 Å². The molecule has 1 saturated heterocycles.